The van der Waals surface area contributed by atoms with Crippen molar-refractivity contribution in [2.45, 2.75) is 6.56 Å². The van der Waals surface area contributed by atoms with Gasteiger partial charge in [0, 0.05) is 18.3 Å². The first-order chi connectivity index (χ1) is 7.04. The average molecular weight is 200 g/mol. The third kappa shape index (κ3) is 1.50. The number of aromatic nitrogens is 3. The normalized spacial score (nSPS) is 14.3. The molecule has 0 aromatic carbocycles. The van der Waals surface area contributed by atoms with Crippen LogP contribution in [0.15, 0.2) is 18.3 Å². The fourth-order valence-corrected chi connectivity index (χ4v) is 1.20. The van der Waals surface area contributed by atoms with E-state index in [1.54, 1.807) is 18.3 Å². The molecular weight excluding hydrogens is 190 g/mol. The van der Waals surface area contributed by atoms with Crippen LogP contribution in [-0.4, -0.2) is 21.9 Å². The van der Waals surface area contributed by atoms with Crippen molar-refractivity contribution in [2.24, 2.45) is 0 Å². The summed E-state index contributed by atoms with van der Waals surface area (Å²) in [4.78, 5) is 0. The summed E-state index contributed by atoms with van der Waals surface area (Å²) in [5.74, 6) is 0. The second-order valence-corrected chi connectivity index (χ2v) is 2.86. The summed E-state index contributed by atoms with van der Waals surface area (Å²) < 4.78 is 21.3. The van der Waals surface area contributed by atoms with E-state index in [0.29, 0.717) is 10.5 Å². The first kappa shape index (κ1) is 6.34. The largest absolute Gasteiger partial charge is 0.378 e. The summed E-state index contributed by atoms with van der Waals surface area (Å²) >= 11 is 5.81. The van der Waals surface area contributed by atoms with E-state index < -0.39 is 6.56 Å². The highest BCUT2D eigenvalue weighted by Gasteiger charge is 2.05. The number of pyridine rings is 1. The van der Waals surface area contributed by atoms with Crippen molar-refractivity contribution in [3.8, 4) is 0 Å². The Morgan fingerprint density at radius 1 is 1.77 bits per heavy atom. The fraction of sp³-hybridized carbons (Fsp3) is 0.250. The molecule has 5 heteroatoms. The van der Waals surface area contributed by atoms with Crippen molar-refractivity contribution in [2.75, 3.05) is 7.11 Å². The third-order valence-electron chi connectivity index (χ3n) is 1.58. The van der Waals surface area contributed by atoms with E-state index in [0.717, 1.165) is 0 Å². The Kier molecular flexibility index (Phi) is 1.62. The van der Waals surface area contributed by atoms with Crippen LogP contribution in [0.3, 0.4) is 0 Å². The second-order valence-electron chi connectivity index (χ2n) is 2.42. The maximum atomic E-state index is 7.57. The monoisotopic (exact) mass is 199 g/mol. The Morgan fingerprint density at radius 2 is 2.62 bits per heavy atom. The van der Waals surface area contributed by atoms with Crippen molar-refractivity contribution < 1.29 is 7.48 Å². The summed E-state index contributed by atoms with van der Waals surface area (Å²) in [7, 11) is 1.27. The zero-order chi connectivity index (χ0) is 11.1. The van der Waals surface area contributed by atoms with Crippen LogP contribution in [0, 0.1) is 0 Å². The van der Waals surface area contributed by atoms with Gasteiger partial charge in [0.2, 0.25) is 0 Å². The molecule has 0 radical (unpaired) electrons. The fourth-order valence-electron chi connectivity index (χ4n) is 1.04. The summed E-state index contributed by atoms with van der Waals surface area (Å²) in [5, 5.41) is 7.99. The molecule has 2 aromatic rings. The maximum Gasteiger partial charge on any atom is 0.116 e. The highest BCUT2D eigenvalue weighted by molar-refractivity contribution is 6.30. The van der Waals surface area contributed by atoms with E-state index >= 15 is 0 Å². The van der Waals surface area contributed by atoms with Crippen molar-refractivity contribution in [3.05, 3.63) is 29.0 Å². The molecule has 0 saturated heterocycles. The minimum atomic E-state index is -1.97. The van der Waals surface area contributed by atoms with Crippen molar-refractivity contribution in [3.63, 3.8) is 0 Å². The molecule has 68 valence electrons. The summed E-state index contributed by atoms with van der Waals surface area (Å²) in [6, 6.07) is 3.24. The molecule has 0 aliphatic carbocycles. The van der Waals surface area contributed by atoms with Crippen LogP contribution in [0.2, 0.25) is 5.02 Å². The lowest BCUT2D eigenvalue weighted by Crippen LogP contribution is -1.88. The number of nitrogens with zero attached hydrogens (tertiary/aromatic N) is 3. The molecule has 0 N–H and O–H groups in total. The number of fused-ring (bicyclic) bond motifs is 1. The topological polar surface area (TPSA) is 39.4 Å². The Morgan fingerprint density at radius 3 is 3.38 bits per heavy atom. The van der Waals surface area contributed by atoms with E-state index in [4.69, 9.17) is 19.1 Å². The molecule has 0 fully saturated rings. The van der Waals surface area contributed by atoms with Gasteiger partial charge in [-0.3, -0.25) is 0 Å². The number of methoxy groups -OCH3 is 1. The van der Waals surface area contributed by atoms with E-state index in [1.807, 2.05) is 0 Å². The molecule has 0 amide bonds. The predicted octanol–water partition coefficient (Wildman–Crippen LogP) is 1.53. The summed E-state index contributed by atoms with van der Waals surface area (Å²) in [6.07, 6.45) is 1.61. The van der Waals surface area contributed by atoms with E-state index in [9.17, 15) is 0 Å². The minimum Gasteiger partial charge on any atom is -0.378 e. The number of hydrogen-bond acceptors (Lipinski definition) is 3. The van der Waals surface area contributed by atoms with Gasteiger partial charge < -0.3 is 4.74 Å². The molecule has 0 bridgehead atoms. The van der Waals surface area contributed by atoms with E-state index in [1.165, 1.54) is 11.6 Å². The molecule has 0 spiro atoms. The van der Waals surface area contributed by atoms with Crippen LogP contribution in [-0.2, 0) is 11.3 Å². The van der Waals surface area contributed by atoms with Gasteiger partial charge in [-0.1, -0.05) is 16.8 Å². The number of rotatable bonds is 2. The molecule has 0 aliphatic heterocycles. The Balaban J connectivity index is 2.67. The van der Waals surface area contributed by atoms with Gasteiger partial charge in [0.1, 0.15) is 5.69 Å². The number of hydrogen-bond donors (Lipinski definition) is 0. The Bertz CT molecular complexity index is 500. The molecule has 2 heterocycles. The second kappa shape index (κ2) is 3.32. The molecular formula is C8H8ClN3O. The van der Waals surface area contributed by atoms with Crippen LogP contribution < -0.4 is 0 Å². The molecule has 0 aliphatic rings. The summed E-state index contributed by atoms with van der Waals surface area (Å²) in [6.45, 7) is -1.97. The van der Waals surface area contributed by atoms with Crippen molar-refractivity contribution in [1.29, 1.82) is 0 Å². The van der Waals surface area contributed by atoms with E-state index in [-0.39, 0.29) is 5.69 Å². The van der Waals surface area contributed by atoms with Gasteiger partial charge in [0.25, 0.3) is 0 Å². The Hall–Kier alpha value is -1.13. The molecule has 0 saturated carbocycles. The van der Waals surface area contributed by atoms with Gasteiger partial charge in [-0.25, -0.2) is 4.52 Å². The number of halogens is 1. The highest BCUT2D eigenvalue weighted by atomic mass is 35.5. The van der Waals surface area contributed by atoms with Crippen LogP contribution in [0.25, 0.3) is 5.52 Å². The van der Waals surface area contributed by atoms with Gasteiger partial charge >= 0.3 is 0 Å². The minimum absolute atomic E-state index is 0.118. The first-order valence-electron chi connectivity index (χ1n) is 4.61. The first-order valence-corrected chi connectivity index (χ1v) is 3.98. The lowest BCUT2D eigenvalue weighted by atomic mass is 10.3. The molecule has 2 aromatic heterocycles. The van der Waals surface area contributed by atoms with Gasteiger partial charge in [-0.2, -0.15) is 0 Å². The van der Waals surface area contributed by atoms with Gasteiger partial charge in [0.15, 0.2) is 0 Å². The molecule has 4 nitrogen and oxygen atoms in total. The zero-order valence-electron chi connectivity index (χ0n) is 8.86. The number of ether oxygens (including phenoxy) is 1. The molecule has 0 atom stereocenters. The molecule has 13 heavy (non-hydrogen) atoms. The average Bonchev–Trinajstić information content (AvgIpc) is 2.61. The Labute approximate surface area is 82.9 Å². The lowest BCUT2D eigenvalue weighted by Gasteiger charge is -1.95. The van der Waals surface area contributed by atoms with Gasteiger partial charge in [-0.15, -0.1) is 5.10 Å². The van der Waals surface area contributed by atoms with Gasteiger partial charge in [-0.05, 0) is 12.1 Å². The highest BCUT2D eigenvalue weighted by Crippen LogP contribution is 2.14. The van der Waals surface area contributed by atoms with Crippen LogP contribution in [0.4, 0.5) is 0 Å². The van der Waals surface area contributed by atoms with E-state index in [2.05, 4.69) is 10.3 Å². The van der Waals surface area contributed by atoms with Crippen LogP contribution in [0.1, 0.15) is 8.44 Å². The third-order valence-corrected chi connectivity index (χ3v) is 1.81. The van der Waals surface area contributed by atoms with Gasteiger partial charge in [0.05, 0.1) is 14.8 Å². The SMILES string of the molecule is [2H]C([2H])(OC)c1nnn2ccc(Cl)cc12. The lowest BCUT2D eigenvalue weighted by molar-refractivity contribution is 0.182. The van der Waals surface area contributed by atoms with Crippen LogP contribution in [0.5, 0.6) is 0 Å². The zero-order valence-corrected chi connectivity index (χ0v) is 7.62. The smallest absolute Gasteiger partial charge is 0.116 e. The molecule has 2 rings (SSSR count). The predicted molar refractivity (Wildman–Crippen MR) is 48.7 cm³/mol. The van der Waals surface area contributed by atoms with Crippen molar-refractivity contribution >= 4 is 17.1 Å². The van der Waals surface area contributed by atoms with Crippen LogP contribution >= 0.6 is 11.6 Å². The maximum absolute atomic E-state index is 7.57. The summed E-state index contributed by atoms with van der Waals surface area (Å²) in [5.41, 5.74) is 0.613. The standard InChI is InChI=1S/C8H8ClN3O/c1-13-5-7-8-4-6(9)2-3-12(8)11-10-7/h2-4H,5H2,1H3/i5D2. The van der Waals surface area contributed by atoms with Crippen molar-refractivity contribution in [1.82, 2.24) is 14.8 Å². The molecule has 0 unspecified atom stereocenters. The quantitative estimate of drug-likeness (QED) is 0.737.